The summed E-state index contributed by atoms with van der Waals surface area (Å²) in [5.41, 5.74) is 0.587. The maximum Gasteiger partial charge on any atom is 0.511 e. The van der Waals surface area contributed by atoms with Crippen LogP contribution in [-0.4, -0.2) is 12.0 Å². The van der Waals surface area contributed by atoms with Gasteiger partial charge in [-0.1, -0.05) is 11.5 Å². The van der Waals surface area contributed by atoms with E-state index in [2.05, 4.69) is 4.98 Å². The Morgan fingerprint density at radius 1 is 1.25 bits per heavy atom. The molecule has 0 radical (unpaired) electrons. The molecular weight excluding hydrogens is 166 g/mol. The van der Waals surface area contributed by atoms with Gasteiger partial charge in [0.25, 0.3) is 0 Å². The van der Waals surface area contributed by atoms with Crippen LogP contribution in [0.5, 0.6) is 0 Å². The molecule has 0 fully saturated rings. The van der Waals surface area contributed by atoms with Gasteiger partial charge in [-0.3, -0.25) is 4.98 Å². The van der Waals surface area contributed by atoms with Crippen molar-refractivity contribution in [2.24, 2.45) is 0 Å². The standard InChI is InChI=1S/C7H8BF3N/c1-5-3-7(8(9,10)11)4-12-6(5)2/h3-4H,1-2H3/q-1. The van der Waals surface area contributed by atoms with E-state index >= 15 is 0 Å². The van der Waals surface area contributed by atoms with Crippen molar-refractivity contribution < 1.29 is 12.9 Å². The van der Waals surface area contributed by atoms with E-state index < -0.39 is 12.4 Å². The fourth-order valence-corrected chi connectivity index (χ4v) is 0.844. The predicted octanol–water partition coefficient (Wildman–Crippen LogP) is 1.75. The third kappa shape index (κ3) is 1.78. The molecule has 0 spiro atoms. The molecule has 0 aromatic carbocycles. The lowest BCUT2D eigenvalue weighted by Gasteiger charge is -2.15. The summed E-state index contributed by atoms with van der Waals surface area (Å²) in [7, 11) is 0. The number of aromatic nitrogens is 1. The number of pyridine rings is 1. The number of nitrogens with zero attached hydrogens (tertiary/aromatic N) is 1. The minimum atomic E-state index is -4.90. The van der Waals surface area contributed by atoms with Crippen LogP contribution in [0.1, 0.15) is 11.3 Å². The predicted molar refractivity (Wildman–Crippen MR) is 42.4 cm³/mol. The zero-order valence-corrected chi connectivity index (χ0v) is 6.81. The third-order valence-corrected chi connectivity index (χ3v) is 1.74. The maximum atomic E-state index is 12.1. The van der Waals surface area contributed by atoms with E-state index in [1.807, 2.05) is 0 Å². The van der Waals surface area contributed by atoms with Crippen molar-refractivity contribution >= 4 is 12.4 Å². The number of hydrogen-bond donors (Lipinski definition) is 0. The van der Waals surface area contributed by atoms with Crippen molar-refractivity contribution in [2.45, 2.75) is 13.8 Å². The van der Waals surface area contributed by atoms with Gasteiger partial charge in [0.05, 0.1) is 0 Å². The molecule has 1 aromatic heterocycles. The first-order valence-corrected chi connectivity index (χ1v) is 3.54. The van der Waals surface area contributed by atoms with Crippen molar-refractivity contribution in [3.05, 3.63) is 23.5 Å². The summed E-state index contributed by atoms with van der Waals surface area (Å²) in [5, 5.41) is 0. The normalized spacial score (nSPS) is 11.8. The quantitative estimate of drug-likeness (QED) is 0.591. The molecule has 12 heavy (non-hydrogen) atoms. The molecule has 1 heterocycles. The fourth-order valence-electron chi connectivity index (χ4n) is 0.844. The van der Waals surface area contributed by atoms with Crippen LogP contribution in [0.25, 0.3) is 0 Å². The molecule has 0 aliphatic heterocycles. The Kier molecular flexibility index (Phi) is 2.13. The van der Waals surface area contributed by atoms with Crippen molar-refractivity contribution in [2.75, 3.05) is 0 Å². The zero-order valence-electron chi connectivity index (χ0n) is 6.81. The minimum Gasteiger partial charge on any atom is -0.445 e. The number of halogens is 3. The molecule has 0 unspecified atom stereocenters. The molecule has 0 saturated carbocycles. The number of hydrogen-bond acceptors (Lipinski definition) is 1. The topological polar surface area (TPSA) is 12.9 Å². The maximum absolute atomic E-state index is 12.1. The van der Waals surface area contributed by atoms with Gasteiger partial charge in [-0.15, -0.1) is 0 Å². The van der Waals surface area contributed by atoms with Crippen LogP contribution in [0.15, 0.2) is 12.3 Å². The van der Waals surface area contributed by atoms with Gasteiger partial charge in [0.2, 0.25) is 0 Å². The Balaban J connectivity index is 3.14. The van der Waals surface area contributed by atoms with Crippen molar-refractivity contribution in [3.63, 3.8) is 0 Å². The monoisotopic (exact) mass is 174 g/mol. The van der Waals surface area contributed by atoms with E-state index in [4.69, 9.17) is 0 Å². The lowest BCUT2D eigenvalue weighted by Crippen LogP contribution is -2.34. The zero-order chi connectivity index (χ0) is 9.35. The Hall–Kier alpha value is -0.995. The highest BCUT2D eigenvalue weighted by molar-refractivity contribution is 6.73. The molecule has 1 aromatic rings. The molecule has 0 atom stereocenters. The Morgan fingerprint density at radius 3 is 2.25 bits per heavy atom. The highest BCUT2D eigenvalue weighted by Gasteiger charge is 2.25. The van der Waals surface area contributed by atoms with Gasteiger partial charge >= 0.3 is 6.98 Å². The molecule has 0 bridgehead atoms. The van der Waals surface area contributed by atoms with Crippen LogP contribution in [0.3, 0.4) is 0 Å². The summed E-state index contributed by atoms with van der Waals surface area (Å²) in [6.07, 6.45) is 0.877. The molecule has 0 aliphatic carbocycles. The lowest BCUT2D eigenvalue weighted by atomic mass is 9.81. The summed E-state index contributed by atoms with van der Waals surface area (Å²) in [4.78, 5) is 3.64. The molecule has 0 N–H and O–H groups in total. The Labute approximate surface area is 68.7 Å². The number of rotatable bonds is 1. The lowest BCUT2D eigenvalue weighted by molar-refractivity contribution is 0.500. The van der Waals surface area contributed by atoms with Gasteiger partial charge in [-0.2, -0.15) is 0 Å². The van der Waals surface area contributed by atoms with Gasteiger partial charge in [0, 0.05) is 11.9 Å². The van der Waals surface area contributed by atoms with Crippen molar-refractivity contribution in [1.82, 2.24) is 4.98 Å². The van der Waals surface area contributed by atoms with E-state index in [1.54, 1.807) is 13.8 Å². The molecule has 66 valence electrons. The summed E-state index contributed by atoms with van der Waals surface area (Å²) >= 11 is 0. The summed E-state index contributed by atoms with van der Waals surface area (Å²) < 4.78 is 36.4. The molecule has 5 heteroatoms. The third-order valence-electron chi connectivity index (χ3n) is 1.74. The van der Waals surface area contributed by atoms with Gasteiger partial charge in [0.1, 0.15) is 0 Å². The first kappa shape index (κ1) is 9.10. The highest BCUT2D eigenvalue weighted by Crippen LogP contribution is 2.10. The Bertz CT molecular complexity index is 295. The van der Waals surface area contributed by atoms with Crippen LogP contribution in [-0.2, 0) is 0 Å². The van der Waals surface area contributed by atoms with Crippen LogP contribution in [0.4, 0.5) is 12.9 Å². The van der Waals surface area contributed by atoms with Crippen LogP contribution < -0.4 is 5.46 Å². The van der Waals surface area contributed by atoms with Gasteiger partial charge < -0.3 is 12.9 Å². The molecule has 0 saturated heterocycles. The largest absolute Gasteiger partial charge is 0.511 e. The molecule has 1 nitrogen and oxygen atoms in total. The second-order valence-electron chi connectivity index (χ2n) is 2.75. The molecule has 0 amide bonds. The summed E-state index contributed by atoms with van der Waals surface area (Å²) in [6.45, 7) is -1.60. The minimum absolute atomic E-state index is 0.576. The average molecular weight is 174 g/mol. The summed E-state index contributed by atoms with van der Waals surface area (Å²) in [5.74, 6) is 0. The van der Waals surface area contributed by atoms with Crippen LogP contribution in [0, 0.1) is 13.8 Å². The SMILES string of the molecule is Cc1cc([B-](F)(F)F)cnc1C. The fraction of sp³-hybridized carbons (Fsp3) is 0.286. The molecular formula is C7H8BF3N-. The molecule has 1 rings (SSSR count). The van der Waals surface area contributed by atoms with Gasteiger partial charge in [-0.25, -0.2) is 0 Å². The van der Waals surface area contributed by atoms with Crippen molar-refractivity contribution in [3.8, 4) is 0 Å². The van der Waals surface area contributed by atoms with Crippen molar-refractivity contribution in [1.29, 1.82) is 0 Å². The van der Waals surface area contributed by atoms with Crippen LogP contribution >= 0.6 is 0 Å². The van der Waals surface area contributed by atoms with E-state index in [0.717, 1.165) is 12.3 Å². The summed E-state index contributed by atoms with van der Waals surface area (Å²) in [6, 6.07) is 1.13. The first-order valence-electron chi connectivity index (χ1n) is 3.54. The number of aryl methyl sites for hydroxylation is 2. The second kappa shape index (κ2) is 2.81. The smallest absolute Gasteiger partial charge is 0.445 e. The first-order chi connectivity index (χ1) is 5.41. The average Bonchev–Trinajstić information content (AvgIpc) is 1.92. The van der Waals surface area contributed by atoms with E-state index in [0.29, 0.717) is 11.3 Å². The van der Waals surface area contributed by atoms with Gasteiger partial charge in [-0.05, 0) is 19.4 Å². The van der Waals surface area contributed by atoms with E-state index in [9.17, 15) is 12.9 Å². The van der Waals surface area contributed by atoms with Crippen LogP contribution in [0.2, 0.25) is 0 Å². The van der Waals surface area contributed by atoms with E-state index in [1.165, 1.54) is 0 Å². The van der Waals surface area contributed by atoms with E-state index in [-0.39, 0.29) is 0 Å². The second-order valence-corrected chi connectivity index (χ2v) is 2.75. The Morgan fingerprint density at radius 2 is 1.83 bits per heavy atom. The highest BCUT2D eigenvalue weighted by atomic mass is 19.4. The van der Waals surface area contributed by atoms with Gasteiger partial charge in [0.15, 0.2) is 0 Å². The molecule has 0 aliphatic rings.